The minimum atomic E-state index is -3.43. The number of piperazine rings is 1. The van der Waals surface area contributed by atoms with Gasteiger partial charge in [0.05, 0.1) is 9.77 Å². The Labute approximate surface area is 156 Å². The van der Waals surface area contributed by atoms with Crippen LogP contribution in [0.4, 0.5) is 5.82 Å². The average molecular weight is 387 g/mol. The van der Waals surface area contributed by atoms with E-state index in [1.165, 1.54) is 4.31 Å². The molecule has 2 aromatic heterocycles. The molecule has 1 aliphatic heterocycles. The standard InChI is InChI=1S/C18H18N4O2S2/c23-26(24,15-5-2-1-3-6-15)22-12-10-21(11-13-22)18-9-8-16(19-20-18)17-7-4-14-25-17/h1-9,14H,10-13H2. The molecule has 0 spiro atoms. The molecule has 0 atom stereocenters. The summed E-state index contributed by atoms with van der Waals surface area (Å²) in [5.41, 5.74) is 0.856. The Morgan fingerprint density at radius 2 is 1.62 bits per heavy atom. The zero-order valence-electron chi connectivity index (χ0n) is 14.0. The highest BCUT2D eigenvalue weighted by atomic mass is 32.2. The lowest BCUT2D eigenvalue weighted by Crippen LogP contribution is -2.48. The maximum atomic E-state index is 12.7. The van der Waals surface area contributed by atoms with Crippen LogP contribution in [0.15, 0.2) is 64.9 Å². The highest BCUT2D eigenvalue weighted by molar-refractivity contribution is 7.89. The smallest absolute Gasteiger partial charge is 0.243 e. The first-order valence-corrected chi connectivity index (χ1v) is 10.6. The molecule has 8 heteroatoms. The second-order valence-corrected chi connectivity index (χ2v) is 8.84. The molecule has 0 saturated carbocycles. The number of anilines is 1. The van der Waals surface area contributed by atoms with Crippen molar-refractivity contribution in [3.8, 4) is 10.6 Å². The number of hydrogen-bond donors (Lipinski definition) is 0. The molecule has 26 heavy (non-hydrogen) atoms. The third-order valence-corrected chi connectivity index (χ3v) is 7.17. The number of nitrogens with zero attached hydrogens (tertiary/aromatic N) is 4. The molecule has 1 saturated heterocycles. The van der Waals surface area contributed by atoms with Crippen LogP contribution in [-0.2, 0) is 10.0 Å². The van der Waals surface area contributed by atoms with Gasteiger partial charge < -0.3 is 4.90 Å². The van der Waals surface area contributed by atoms with Crippen LogP contribution in [0.3, 0.4) is 0 Å². The summed E-state index contributed by atoms with van der Waals surface area (Å²) in [5, 5.41) is 10.6. The van der Waals surface area contributed by atoms with Crippen molar-refractivity contribution < 1.29 is 8.42 Å². The molecule has 134 valence electrons. The third-order valence-electron chi connectivity index (χ3n) is 4.37. The van der Waals surface area contributed by atoms with Gasteiger partial charge in [-0.1, -0.05) is 24.3 Å². The van der Waals surface area contributed by atoms with Gasteiger partial charge in [0.1, 0.15) is 5.69 Å². The zero-order valence-corrected chi connectivity index (χ0v) is 15.7. The predicted molar refractivity (Wildman–Crippen MR) is 103 cm³/mol. The van der Waals surface area contributed by atoms with Crippen LogP contribution >= 0.6 is 11.3 Å². The highest BCUT2D eigenvalue weighted by Gasteiger charge is 2.28. The van der Waals surface area contributed by atoms with Crippen molar-refractivity contribution in [2.75, 3.05) is 31.1 Å². The van der Waals surface area contributed by atoms with E-state index in [4.69, 9.17) is 0 Å². The molecule has 3 heterocycles. The topological polar surface area (TPSA) is 66.4 Å². The van der Waals surface area contributed by atoms with Gasteiger partial charge in [-0.05, 0) is 35.7 Å². The van der Waals surface area contributed by atoms with Gasteiger partial charge in [-0.3, -0.25) is 0 Å². The molecule has 3 aromatic rings. The second kappa shape index (κ2) is 7.14. The Bertz CT molecular complexity index is 950. The first-order chi connectivity index (χ1) is 12.6. The third kappa shape index (κ3) is 3.35. The normalized spacial score (nSPS) is 15.9. The van der Waals surface area contributed by atoms with E-state index >= 15 is 0 Å². The predicted octanol–water partition coefficient (Wildman–Crippen LogP) is 2.72. The van der Waals surface area contributed by atoms with Gasteiger partial charge in [0.15, 0.2) is 5.82 Å². The summed E-state index contributed by atoms with van der Waals surface area (Å²) in [6.07, 6.45) is 0. The minimum absolute atomic E-state index is 0.341. The molecule has 0 bridgehead atoms. The van der Waals surface area contributed by atoms with Gasteiger partial charge in [0.25, 0.3) is 0 Å². The summed E-state index contributed by atoms with van der Waals surface area (Å²) in [5.74, 6) is 0.780. The van der Waals surface area contributed by atoms with Gasteiger partial charge in [-0.2, -0.15) is 4.31 Å². The zero-order chi connectivity index (χ0) is 18.0. The highest BCUT2D eigenvalue weighted by Crippen LogP contribution is 2.24. The fraction of sp³-hybridized carbons (Fsp3) is 0.222. The van der Waals surface area contributed by atoms with Crippen LogP contribution in [0.2, 0.25) is 0 Å². The van der Waals surface area contributed by atoms with Gasteiger partial charge in [-0.25, -0.2) is 8.42 Å². The molecule has 6 nitrogen and oxygen atoms in total. The lowest BCUT2D eigenvalue weighted by molar-refractivity contribution is 0.383. The van der Waals surface area contributed by atoms with Crippen molar-refractivity contribution in [2.45, 2.75) is 4.90 Å². The Balaban J connectivity index is 1.44. The molecular formula is C18H18N4O2S2. The SMILES string of the molecule is O=S(=O)(c1ccccc1)N1CCN(c2ccc(-c3cccs3)nn2)CC1. The number of rotatable bonds is 4. The average Bonchev–Trinajstić information content (AvgIpc) is 3.24. The van der Waals surface area contributed by atoms with E-state index < -0.39 is 10.0 Å². The molecule has 4 rings (SSSR count). The van der Waals surface area contributed by atoms with E-state index in [9.17, 15) is 8.42 Å². The van der Waals surface area contributed by atoms with E-state index in [0.717, 1.165) is 16.4 Å². The quantitative estimate of drug-likeness (QED) is 0.690. The maximum Gasteiger partial charge on any atom is 0.243 e. The Kier molecular flexibility index (Phi) is 4.71. The van der Waals surface area contributed by atoms with E-state index in [-0.39, 0.29) is 0 Å². The fourth-order valence-corrected chi connectivity index (χ4v) is 5.08. The molecule has 0 unspecified atom stereocenters. The Morgan fingerprint density at radius 3 is 2.23 bits per heavy atom. The lowest BCUT2D eigenvalue weighted by Gasteiger charge is -2.34. The van der Waals surface area contributed by atoms with Gasteiger partial charge in [-0.15, -0.1) is 21.5 Å². The molecule has 0 radical (unpaired) electrons. The monoisotopic (exact) mass is 386 g/mol. The molecular weight excluding hydrogens is 368 g/mol. The number of thiophene rings is 1. The van der Waals surface area contributed by atoms with Crippen LogP contribution in [0.1, 0.15) is 0 Å². The molecule has 1 aromatic carbocycles. The van der Waals surface area contributed by atoms with Crippen molar-refractivity contribution in [2.24, 2.45) is 0 Å². The van der Waals surface area contributed by atoms with E-state index in [1.54, 1.807) is 35.6 Å². The van der Waals surface area contributed by atoms with Gasteiger partial charge in [0, 0.05) is 26.2 Å². The summed E-state index contributed by atoms with van der Waals surface area (Å²) in [4.78, 5) is 3.50. The number of hydrogen-bond acceptors (Lipinski definition) is 6. The first-order valence-electron chi connectivity index (χ1n) is 8.32. The van der Waals surface area contributed by atoms with E-state index in [1.807, 2.05) is 35.7 Å². The fourth-order valence-electron chi connectivity index (χ4n) is 2.95. The van der Waals surface area contributed by atoms with Crippen LogP contribution in [0, 0.1) is 0 Å². The summed E-state index contributed by atoms with van der Waals surface area (Å²) in [6, 6.07) is 16.5. The van der Waals surface area contributed by atoms with Crippen LogP contribution in [0.25, 0.3) is 10.6 Å². The molecule has 0 amide bonds. The second-order valence-electron chi connectivity index (χ2n) is 5.96. The summed E-state index contributed by atoms with van der Waals surface area (Å²) in [6.45, 7) is 2.06. The number of benzene rings is 1. The van der Waals surface area contributed by atoms with E-state index in [0.29, 0.717) is 31.1 Å². The van der Waals surface area contributed by atoms with Crippen LogP contribution < -0.4 is 4.90 Å². The summed E-state index contributed by atoms with van der Waals surface area (Å²) < 4.78 is 26.9. The molecule has 0 N–H and O–H groups in total. The molecule has 1 aliphatic rings. The van der Waals surface area contributed by atoms with Crippen molar-refractivity contribution in [3.05, 3.63) is 60.0 Å². The number of aromatic nitrogens is 2. The van der Waals surface area contributed by atoms with E-state index in [2.05, 4.69) is 15.1 Å². The minimum Gasteiger partial charge on any atom is -0.352 e. The Hall–Kier alpha value is -2.29. The van der Waals surface area contributed by atoms with Crippen molar-refractivity contribution in [1.82, 2.24) is 14.5 Å². The molecule has 1 fully saturated rings. The molecule has 0 aliphatic carbocycles. The number of sulfonamides is 1. The Morgan fingerprint density at radius 1 is 0.846 bits per heavy atom. The maximum absolute atomic E-state index is 12.7. The van der Waals surface area contributed by atoms with Crippen molar-refractivity contribution in [3.63, 3.8) is 0 Å². The van der Waals surface area contributed by atoms with Gasteiger partial charge in [0.2, 0.25) is 10.0 Å². The van der Waals surface area contributed by atoms with Gasteiger partial charge >= 0.3 is 0 Å². The largest absolute Gasteiger partial charge is 0.352 e. The van der Waals surface area contributed by atoms with Crippen molar-refractivity contribution >= 4 is 27.2 Å². The lowest BCUT2D eigenvalue weighted by atomic mass is 10.3. The summed E-state index contributed by atoms with van der Waals surface area (Å²) >= 11 is 1.63. The van der Waals surface area contributed by atoms with Crippen LogP contribution in [0.5, 0.6) is 0 Å². The van der Waals surface area contributed by atoms with Crippen LogP contribution in [-0.4, -0.2) is 49.1 Å². The first kappa shape index (κ1) is 17.1. The summed E-state index contributed by atoms with van der Waals surface area (Å²) in [7, 11) is -3.43. The van der Waals surface area contributed by atoms with Crippen molar-refractivity contribution in [1.29, 1.82) is 0 Å².